The number of benzene rings is 1. The van der Waals surface area contributed by atoms with Crippen LogP contribution in [0.4, 0.5) is 0 Å². The number of H-pyrrole nitrogens is 1. The van der Waals surface area contributed by atoms with Crippen LogP contribution in [0.5, 0.6) is 11.5 Å². The van der Waals surface area contributed by atoms with Crippen LogP contribution < -0.4 is 20.3 Å². The van der Waals surface area contributed by atoms with Gasteiger partial charge in [0.05, 0.1) is 11.4 Å². The predicted octanol–water partition coefficient (Wildman–Crippen LogP) is 2.21. The van der Waals surface area contributed by atoms with Gasteiger partial charge in [0.25, 0.3) is 5.91 Å². The van der Waals surface area contributed by atoms with Gasteiger partial charge in [-0.05, 0) is 39.7 Å². The Bertz CT molecular complexity index is 793. The molecule has 1 aliphatic rings. The second-order valence-electron chi connectivity index (χ2n) is 5.01. The van der Waals surface area contributed by atoms with Crippen LogP contribution in [0.2, 0.25) is 5.02 Å². The van der Waals surface area contributed by atoms with E-state index in [-0.39, 0.29) is 12.3 Å². The first-order valence-electron chi connectivity index (χ1n) is 7.04. The summed E-state index contributed by atoms with van der Waals surface area (Å²) in [6, 6.07) is 4.94. The molecular formula is C15H13BrClN3O4. The van der Waals surface area contributed by atoms with Crippen molar-refractivity contribution in [2.75, 3.05) is 13.2 Å². The van der Waals surface area contributed by atoms with Crippen LogP contribution in [0.1, 0.15) is 16.1 Å². The number of aromatic amines is 1. The molecule has 0 atom stereocenters. The third-order valence-corrected chi connectivity index (χ3v) is 3.97. The lowest BCUT2D eigenvalue weighted by Crippen LogP contribution is -2.42. The molecule has 2 heterocycles. The van der Waals surface area contributed by atoms with E-state index in [1.807, 2.05) is 0 Å². The van der Waals surface area contributed by atoms with E-state index in [1.165, 1.54) is 0 Å². The van der Waals surface area contributed by atoms with E-state index < -0.39 is 5.91 Å². The predicted molar refractivity (Wildman–Crippen MR) is 90.2 cm³/mol. The van der Waals surface area contributed by atoms with Gasteiger partial charge in [-0.1, -0.05) is 11.6 Å². The van der Waals surface area contributed by atoms with Gasteiger partial charge in [-0.25, -0.2) is 0 Å². The molecule has 24 heavy (non-hydrogen) atoms. The first-order chi connectivity index (χ1) is 11.5. The number of nitrogens with one attached hydrogen (secondary N) is 3. The largest absolute Gasteiger partial charge is 0.486 e. The minimum atomic E-state index is -0.450. The Balaban J connectivity index is 1.59. The van der Waals surface area contributed by atoms with Crippen LogP contribution in [0.15, 0.2) is 28.9 Å². The van der Waals surface area contributed by atoms with Gasteiger partial charge in [-0.2, -0.15) is 0 Å². The summed E-state index contributed by atoms with van der Waals surface area (Å²) in [6.07, 6.45) is 1.65. The normalized spacial score (nSPS) is 12.6. The van der Waals surface area contributed by atoms with Crippen molar-refractivity contribution in [2.45, 2.75) is 6.42 Å². The number of hydrogen-bond donors (Lipinski definition) is 3. The number of halogens is 2. The molecule has 0 fully saturated rings. The molecular weight excluding hydrogens is 402 g/mol. The molecule has 9 heteroatoms. The van der Waals surface area contributed by atoms with Crippen molar-refractivity contribution in [2.24, 2.45) is 0 Å². The lowest BCUT2D eigenvalue weighted by atomic mass is 10.1. The monoisotopic (exact) mass is 413 g/mol. The van der Waals surface area contributed by atoms with E-state index in [4.69, 9.17) is 21.1 Å². The van der Waals surface area contributed by atoms with Crippen molar-refractivity contribution in [1.29, 1.82) is 0 Å². The number of rotatable bonds is 3. The summed E-state index contributed by atoms with van der Waals surface area (Å²) < 4.78 is 11.6. The van der Waals surface area contributed by atoms with Gasteiger partial charge in [-0.3, -0.25) is 20.4 Å². The quantitative estimate of drug-likeness (QED) is 0.672. The summed E-state index contributed by atoms with van der Waals surface area (Å²) in [5, 5.41) is 0.385. The molecule has 2 aromatic rings. The molecule has 0 radical (unpaired) electrons. The summed E-state index contributed by atoms with van der Waals surface area (Å²) in [6.45, 7) is 0.869. The lowest BCUT2D eigenvalue weighted by Gasteiger charge is -2.20. The number of ether oxygens (including phenoxy) is 2. The highest BCUT2D eigenvalue weighted by Gasteiger charge is 2.18. The Morgan fingerprint density at radius 2 is 2.00 bits per heavy atom. The smallest absolute Gasteiger partial charge is 0.286 e. The van der Waals surface area contributed by atoms with Crippen molar-refractivity contribution < 1.29 is 19.1 Å². The van der Waals surface area contributed by atoms with Crippen LogP contribution in [-0.4, -0.2) is 30.0 Å². The number of amides is 2. The second-order valence-corrected chi connectivity index (χ2v) is 6.34. The third kappa shape index (κ3) is 3.82. The van der Waals surface area contributed by atoms with Crippen molar-refractivity contribution in [3.8, 4) is 11.5 Å². The van der Waals surface area contributed by atoms with Crippen LogP contribution in [-0.2, 0) is 11.2 Å². The van der Waals surface area contributed by atoms with Crippen LogP contribution in [0.3, 0.4) is 0 Å². The van der Waals surface area contributed by atoms with E-state index >= 15 is 0 Å². The number of carbonyl (C=O) groups is 2. The molecule has 0 bridgehead atoms. The summed E-state index contributed by atoms with van der Waals surface area (Å²) in [4.78, 5) is 26.6. The van der Waals surface area contributed by atoms with E-state index in [1.54, 1.807) is 24.4 Å². The third-order valence-electron chi connectivity index (χ3n) is 3.23. The number of hydrogen-bond acceptors (Lipinski definition) is 4. The lowest BCUT2D eigenvalue weighted by molar-refractivity contribution is -0.121. The van der Waals surface area contributed by atoms with Crippen LogP contribution in [0, 0.1) is 0 Å². The topological polar surface area (TPSA) is 92.4 Å². The van der Waals surface area contributed by atoms with E-state index in [0.717, 1.165) is 4.47 Å². The maximum Gasteiger partial charge on any atom is 0.286 e. The van der Waals surface area contributed by atoms with Crippen molar-refractivity contribution in [3.05, 3.63) is 45.1 Å². The summed E-state index contributed by atoms with van der Waals surface area (Å²) in [5.74, 6) is 0.158. The second kappa shape index (κ2) is 7.14. The zero-order valence-electron chi connectivity index (χ0n) is 12.3. The summed E-state index contributed by atoms with van der Waals surface area (Å²) >= 11 is 9.35. The highest BCUT2D eigenvalue weighted by molar-refractivity contribution is 9.10. The standard InChI is InChI=1S/C15H13BrClN3O4/c16-9-6-11(18-7-9)15(22)20-19-13(21)5-8-3-10(17)14-12(4-8)23-1-2-24-14/h3-4,6-7,18H,1-2,5H2,(H,19,21)(H,20,22). The number of carbonyl (C=O) groups excluding carboxylic acids is 2. The fourth-order valence-electron chi connectivity index (χ4n) is 2.19. The molecule has 1 aromatic carbocycles. The van der Waals surface area contributed by atoms with Gasteiger partial charge < -0.3 is 14.5 Å². The average molecular weight is 415 g/mol. The van der Waals surface area contributed by atoms with Crippen LogP contribution in [0.25, 0.3) is 0 Å². The highest BCUT2D eigenvalue weighted by atomic mass is 79.9. The van der Waals surface area contributed by atoms with Crippen LogP contribution >= 0.6 is 27.5 Å². The summed E-state index contributed by atoms with van der Waals surface area (Å²) in [5.41, 5.74) is 5.65. The summed E-state index contributed by atoms with van der Waals surface area (Å²) in [7, 11) is 0. The van der Waals surface area contributed by atoms with Gasteiger partial charge >= 0.3 is 0 Å². The average Bonchev–Trinajstić information content (AvgIpc) is 2.99. The highest BCUT2D eigenvalue weighted by Crippen LogP contribution is 2.38. The molecule has 1 aliphatic heterocycles. The molecule has 0 aliphatic carbocycles. The van der Waals surface area contributed by atoms with Crippen molar-refractivity contribution in [3.63, 3.8) is 0 Å². The number of fused-ring (bicyclic) bond motifs is 1. The molecule has 0 spiro atoms. The van der Waals surface area contributed by atoms with Gasteiger partial charge in [-0.15, -0.1) is 0 Å². The first-order valence-corrected chi connectivity index (χ1v) is 8.21. The van der Waals surface area contributed by atoms with E-state index in [2.05, 4.69) is 31.8 Å². The number of hydrazine groups is 1. The maximum absolute atomic E-state index is 12.0. The maximum atomic E-state index is 12.0. The van der Waals surface area contributed by atoms with Gasteiger partial charge in [0.15, 0.2) is 11.5 Å². The Morgan fingerprint density at radius 3 is 2.75 bits per heavy atom. The van der Waals surface area contributed by atoms with E-state index in [9.17, 15) is 9.59 Å². The molecule has 126 valence electrons. The number of aromatic nitrogens is 1. The Morgan fingerprint density at radius 1 is 1.21 bits per heavy atom. The van der Waals surface area contributed by atoms with Gasteiger partial charge in [0.2, 0.25) is 5.91 Å². The molecule has 0 unspecified atom stereocenters. The Labute approximate surface area is 150 Å². The SMILES string of the molecule is O=C(Cc1cc(Cl)c2c(c1)OCCO2)NNC(=O)c1cc(Br)c[nH]1. The fourth-order valence-corrected chi connectivity index (χ4v) is 2.82. The minimum absolute atomic E-state index is 0.0328. The van der Waals surface area contributed by atoms with Gasteiger partial charge in [0, 0.05) is 10.7 Å². The molecule has 3 N–H and O–H groups in total. The molecule has 0 saturated carbocycles. The molecule has 2 amide bonds. The zero-order chi connectivity index (χ0) is 17.1. The Hall–Kier alpha value is -2.19. The van der Waals surface area contributed by atoms with Crippen molar-refractivity contribution >= 4 is 39.3 Å². The Kier molecular flexibility index (Phi) is 4.96. The van der Waals surface area contributed by atoms with Crippen molar-refractivity contribution in [1.82, 2.24) is 15.8 Å². The first kappa shape index (κ1) is 16.7. The minimum Gasteiger partial charge on any atom is -0.486 e. The molecule has 1 aromatic heterocycles. The van der Waals surface area contributed by atoms with E-state index in [0.29, 0.717) is 41.0 Å². The molecule has 0 saturated heterocycles. The fraction of sp³-hybridized carbons (Fsp3) is 0.200. The molecule has 7 nitrogen and oxygen atoms in total. The van der Waals surface area contributed by atoms with Gasteiger partial charge in [0.1, 0.15) is 18.9 Å². The molecule has 3 rings (SSSR count). The zero-order valence-corrected chi connectivity index (χ0v) is 14.7.